The first kappa shape index (κ1) is 23.3. The predicted molar refractivity (Wildman–Crippen MR) is 128 cm³/mol. The molecule has 0 radical (unpaired) electrons. The van der Waals surface area contributed by atoms with Gasteiger partial charge in [0.05, 0.1) is 29.9 Å². The Balaban J connectivity index is 1.43. The van der Waals surface area contributed by atoms with E-state index in [0.717, 1.165) is 10.9 Å². The normalized spacial score (nSPS) is 21.1. The van der Waals surface area contributed by atoms with Crippen LogP contribution in [0.5, 0.6) is 5.75 Å². The van der Waals surface area contributed by atoms with Crippen LogP contribution < -0.4 is 10.1 Å². The lowest BCUT2D eigenvalue weighted by Crippen LogP contribution is -2.54. The molecule has 184 valence electrons. The highest BCUT2D eigenvalue weighted by atomic mass is 19.3. The molecule has 3 aromatic rings. The summed E-state index contributed by atoms with van der Waals surface area (Å²) in [7, 11) is 1.55. The predicted octanol–water partition coefficient (Wildman–Crippen LogP) is 4.65. The number of hydrogen-bond donors (Lipinski definition) is 2. The van der Waals surface area contributed by atoms with E-state index in [-0.39, 0.29) is 37.5 Å². The lowest BCUT2D eigenvalue weighted by atomic mass is 9.67. The quantitative estimate of drug-likeness (QED) is 0.554. The summed E-state index contributed by atoms with van der Waals surface area (Å²) in [4.78, 5) is 29.0. The molecular weight excluding hydrogens is 454 g/mol. The summed E-state index contributed by atoms with van der Waals surface area (Å²) in [6.07, 6.45) is 2.18. The fourth-order valence-corrected chi connectivity index (χ4v) is 5.43. The van der Waals surface area contributed by atoms with Crippen molar-refractivity contribution in [3.8, 4) is 5.75 Å². The molecule has 2 N–H and O–H groups in total. The SMILES string of the molecule is COc1ccc(C2(C(=O)N3CCC[C@@H]3C(=O)Nc3cccc4[nH]ncc34)CCC(F)(F)CC2)cc1. The van der Waals surface area contributed by atoms with Crippen LogP contribution in [0.1, 0.15) is 44.1 Å². The van der Waals surface area contributed by atoms with E-state index in [0.29, 0.717) is 36.4 Å². The van der Waals surface area contributed by atoms with Gasteiger partial charge in [0.1, 0.15) is 11.8 Å². The average molecular weight is 483 g/mol. The zero-order valence-electron chi connectivity index (χ0n) is 19.5. The third-order valence-electron chi connectivity index (χ3n) is 7.45. The van der Waals surface area contributed by atoms with Crippen molar-refractivity contribution in [1.82, 2.24) is 15.1 Å². The average Bonchev–Trinajstić information content (AvgIpc) is 3.54. The smallest absolute Gasteiger partial charge is 0.248 e. The largest absolute Gasteiger partial charge is 0.497 e. The van der Waals surface area contributed by atoms with Gasteiger partial charge >= 0.3 is 0 Å². The Morgan fingerprint density at radius 2 is 1.86 bits per heavy atom. The third kappa shape index (κ3) is 4.24. The van der Waals surface area contributed by atoms with Crippen molar-refractivity contribution in [2.24, 2.45) is 0 Å². The van der Waals surface area contributed by atoms with Crippen molar-refractivity contribution in [2.75, 3.05) is 19.0 Å². The van der Waals surface area contributed by atoms with E-state index in [1.54, 1.807) is 48.5 Å². The van der Waals surface area contributed by atoms with Gasteiger partial charge in [0, 0.05) is 24.8 Å². The van der Waals surface area contributed by atoms with Gasteiger partial charge in [-0.05, 0) is 55.5 Å². The van der Waals surface area contributed by atoms with Crippen LogP contribution in [0.15, 0.2) is 48.7 Å². The molecule has 0 unspecified atom stereocenters. The lowest BCUT2D eigenvalue weighted by Gasteiger charge is -2.42. The molecule has 2 fully saturated rings. The monoisotopic (exact) mass is 482 g/mol. The maximum atomic E-state index is 14.2. The number of aromatic nitrogens is 2. The molecule has 2 aliphatic rings. The van der Waals surface area contributed by atoms with Crippen LogP contribution in [-0.4, -0.2) is 52.5 Å². The third-order valence-corrected chi connectivity index (χ3v) is 7.45. The van der Waals surface area contributed by atoms with E-state index in [1.165, 1.54) is 0 Å². The summed E-state index contributed by atoms with van der Waals surface area (Å²) in [5.41, 5.74) is 1.00. The number of halogens is 2. The molecule has 9 heteroatoms. The second-order valence-electron chi connectivity index (χ2n) is 9.45. The zero-order chi connectivity index (χ0) is 24.6. The summed E-state index contributed by atoms with van der Waals surface area (Å²) in [6.45, 7) is 0.418. The van der Waals surface area contributed by atoms with E-state index in [4.69, 9.17) is 4.74 Å². The topological polar surface area (TPSA) is 87.3 Å². The number of H-pyrrole nitrogens is 1. The molecule has 35 heavy (non-hydrogen) atoms. The number of aromatic amines is 1. The van der Waals surface area contributed by atoms with Gasteiger partial charge in [-0.25, -0.2) is 8.78 Å². The van der Waals surface area contributed by atoms with Crippen molar-refractivity contribution >= 4 is 28.4 Å². The fraction of sp³-hybridized carbons (Fsp3) is 0.423. The molecule has 7 nitrogen and oxygen atoms in total. The lowest BCUT2D eigenvalue weighted by molar-refractivity contribution is -0.146. The number of amides is 2. The number of hydrogen-bond acceptors (Lipinski definition) is 4. The Morgan fingerprint density at radius 1 is 1.11 bits per heavy atom. The van der Waals surface area contributed by atoms with Crippen LogP contribution in [0.3, 0.4) is 0 Å². The molecule has 1 aliphatic heterocycles. The standard InChI is InChI=1S/C26H28F2N4O3/c1-35-18-9-7-17(8-10-18)25(11-13-26(27,28)14-12-25)24(34)32-15-3-6-22(32)23(33)30-20-4-2-5-21-19(20)16-29-31-21/h2,4-5,7-10,16,22H,3,6,11-15H2,1H3,(H,29,31)(H,30,33)/t22-/m1/s1. The molecule has 1 aliphatic carbocycles. The van der Waals surface area contributed by atoms with E-state index in [1.807, 2.05) is 12.1 Å². The highest BCUT2D eigenvalue weighted by Gasteiger charge is 2.52. The zero-order valence-corrected chi connectivity index (χ0v) is 19.5. The number of alkyl halides is 2. The van der Waals surface area contributed by atoms with Crippen molar-refractivity contribution < 1.29 is 23.1 Å². The number of carbonyl (C=O) groups is 2. The van der Waals surface area contributed by atoms with Crippen molar-refractivity contribution in [3.05, 3.63) is 54.2 Å². The molecule has 1 aromatic heterocycles. The van der Waals surface area contributed by atoms with Gasteiger partial charge in [-0.3, -0.25) is 14.7 Å². The van der Waals surface area contributed by atoms with E-state index in [2.05, 4.69) is 15.5 Å². The number of fused-ring (bicyclic) bond motifs is 1. The summed E-state index contributed by atoms with van der Waals surface area (Å²) in [6, 6.07) is 11.9. The Hall–Kier alpha value is -3.49. The number of anilines is 1. The highest BCUT2D eigenvalue weighted by Crippen LogP contribution is 2.47. The number of likely N-dealkylation sites (tertiary alicyclic amines) is 1. The van der Waals surface area contributed by atoms with Gasteiger partial charge in [0.25, 0.3) is 0 Å². The molecule has 0 bridgehead atoms. The van der Waals surface area contributed by atoms with Gasteiger partial charge in [0.2, 0.25) is 17.7 Å². The Labute approximate surface area is 201 Å². The Morgan fingerprint density at radius 3 is 2.57 bits per heavy atom. The number of rotatable bonds is 5. The second kappa shape index (κ2) is 8.94. The van der Waals surface area contributed by atoms with Gasteiger partial charge in [-0.15, -0.1) is 0 Å². The van der Waals surface area contributed by atoms with Crippen LogP contribution in [0.4, 0.5) is 14.5 Å². The minimum absolute atomic E-state index is 0.0321. The first-order valence-electron chi connectivity index (χ1n) is 11.9. The van der Waals surface area contributed by atoms with Crippen molar-refractivity contribution in [3.63, 3.8) is 0 Å². The van der Waals surface area contributed by atoms with E-state index >= 15 is 0 Å². The maximum Gasteiger partial charge on any atom is 0.248 e. The summed E-state index contributed by atoms with van der Waals surface area (Å²) in [5.74, 6) is -2.70. The molecule has 1 saturated heterocycles. The number of benzene rings is 2. The molecule has 1 atom stereocenters. The molecular formula is C26H28F2N4O3. The summed E-state index contributed by atoms with van der Waals surface area (Å²) < 4.78 is 33.5. The molecule has 5 rings (SSSR count). The van der Waals surface area contributed by atoms with Gasteiger partial charge < -0.3 is 15.0 Å². The Bertz CT molecular complexity index is 1230. The van der Waals surface area contributed by atoms with Crippen LogP contribution in [0, 0.1) is 0 Å². The summed E-state index contributed by atoms with van der Waals surface area (Å²) in [5, 5.41) is 10.6. The van der Waals surface area contributed by atoms with Crippen LogP contribution >= 0.6 is 0 Å². The van der Waals surface area contributed by atoms with Crippen LogP contribution in [0.25, 0.3) is 10.9 Å². The van der Waals surface area contributed by atoms with E-state index in [9.17, 15) is 18.4 Å². The van der Waals surface area contributed by atoms with Crippen molar-refractivity contribution in [2.45, 2.75) is 55.9 Å². The number of ether oxygens (including phenoxy) is 1. The molecule has 1 saturated carbocycles. The van der Waals surface area contributed by atoms with Crippen LogP contribution in [0.2, 0.25) is 0 Å². The first-order valence-corrected chi connectivity index (χ1v) is 11.9. The molecule has 2 aromatic carbocycles. The minimum atomic E-state index is -2.79. The first-order chi connectivity index (χ1) is 16.8. The van der Waals surface area contributed by atoms with Crippen molar-refractivity contribution in [1.29, 1.82) is 0 Å². The molecule has 2 amide bonds. The van der Waals surface area contributed by atoms with Gasteiger partial charge in [-0.1, -0.05) is 18.2 Å². The Kier molecular flexibility index (Phi) is 5.94. The fourth-order valence-electron chi connectivity index (χ4n) is 5.43. The van der Waals surface area contributed by atoms with Gasteiger partial charge in [-0.2, -0.15) is 5.10 Å². The molecule has 0 spiro atoms. The number of carbonyl (C=O) groups excluding carboxylic acids is 2. The maximum absolute atomic E-state index is 14.2. The summed E-state index contributed by atoms with van der Waals surface area (Å²) >= 11 is 0. The highest BCUT2D eigenvalue weighted by molar-refractivity contribution is 6.04. The van der Waals surface area contributed by atoms with E-state index < -0.39 is 17.4 Å². The van der Waals surface area contributed by atoms with Crippen LogP contribution in [-0.2, 0) is 15.0 Å². The minimum Gasteiger partial charge on any atom is -0.497 e. The second-order valence-corrected chi connectivity index (χ2v) is 9.45. The number of nitrogens with zero attached hydrogens (tertiary/aromatic N) is 2. The molecule has 2 heterocycles. The van der Waals surface area contributed by atoms with Gasteiger partial charge in [0.15, 0.2) is 0 Å². The number of nitrogens with one attached hydrogen (secondary N) is 2. The number of methoxy groups -OCH3 is 1.